The van der Waals surface area contributed by atoms with Gasteiger partial charge in [-0.2, -0.15) is 0 Å². The van der Waals surface area contributed by atoms with Crippen LogP contribution in [0.4, 0.5) is 0 Å². The number of hydrogen-bond donors (Lipinski definition) is 2. The molecule has 0 spiro atoms. The van der Waals surface area contributed by atoms with E-state index >= 15 is 0 Å². The third kappa shape index (κ3) is 3.00. The number of carbonyl (C=O) groups is 2. The molecular formula is C10H17N3O2. The van der Waals surface area contributed by atoms with Gasteiger partial charge in [-0.15, -0.1) is 0 Å². The lowest BCUT2D eigenvalue weighted by Gasteiger charge is -2.31. The normalized spacial score (nSPS) is 25.3. The molecule has 2 heterocycles. The topological polar surface area (TPSA) is 61.4 Å². The van der Waals surface area contributed by atoms with Crippen molar-refractivity contribution in [2.24, 2.45) is 5.92 Å². The van der Waals surface area contributed by atoms with Gasteiger partial charge in [-0.05, 0) is 5.92 Å². The Kier molecular flexibility index (Phi) is 3.33. The highest BCUT2D eigenvalue weighted by atomic mass is 16.2. The molecule has 5 nitrogen and oxygen atoms in total. The van der Waals surface area contributed by atoms with E-state index in [0.717, 1.165) is 32.7 Å². The van der Waals surface area contributed by atoms with Crippen molar-refractivity contribution >= 4 is 11.8 Å². The Balaban J connectivity index is 1.82. The molecule has 0 bridgehead atoms. The van der Waals surface area contributed by atoms with Crippen LogP contribution in [0.25, 0.3) is 0 Å². The van der Waals surface area contributed by atoms with Crippen molar-refractivity contribution < 1.29 is 9.59 Å². The Morgan fingerprint density at radius 1 is 1.13 bits per heavy atom. The molecule has 2 saturated heterocycles. The van der Waals surface area contributed by atoms with E-state index in [2.05, 4.69) is 15.5 Å². The summed E-state index contributed by atoms with van der Waals surface area (Å²) >= 11 is 0. The van der Waals surface area contributed by atoms with Gasteiger partial charge in [0.1, 0.15) is 0 Å². The first-order chi connectivity index (χ1) is 7.24. The summed E-state index contributed by atoms with van der Waals surface area (Å²) in [5.74, 6) is -0.0258. The van der Waals surface area contributed by atoms with E-state index in [4.69, 9.17) is 0 Å². The third-order valence-corrected chi connectivity index (χ3v) is 2.95. The monoisotopic (exact) mass is 211 g/mol. The molecule has 0 aliphatic carbocycles. The van der Waals surface area contributed by atoms with Gasteiger partial charge in [0.25, 0.3) is 0 Å². The zero-order valence-corrected chi connectivity index (χ0v) is 8.79. The summed E-state index contributed by atoms with van der Waals surface area (Å²) in [5, 5.41) is 5.62. The number of hydrogen-bond acceptors (Lipinski definition) is 4. The molecule has 2 aliphatic heterocycles. The molecule has 0 aromatic carbocycles. The van der Waals surface area contributed by atoms with E-state index in [9.17, 15) is 9.59 Å². The molecule has 0 radical (unpaired) electrons. The summed E-state index contributed by atoms with van der Waals surface area (Å²) < 4.78 is 0. The summed E-state index contributed by atoms with van der Waals surface area (Å²) in [7, 11) is 0. The molecule has 84 valence electrons. The lowest BCUT2D eigenvalue weighted by molar-refractivity contribution is -0.135. The van der Waals surface area contributed by atoms with Crippen LogP contribution in [0.2, 0.25) is 0 Å². The van der Waals surface area contributed by atoms with Crippen molar-refractivity contribution in [1.82, 2.24) is 15.5 Å². The van der Waals surface area contributed by atoms with Crippen LogP contribution in [0, 0.1) is 5.92 Å². The number of nitrogens with one attached hydrogen (secondary N) is 2. The largest absolute Gasteiger partial charge is 0.314 e. The fourth-order valence-electron chi connectivity index (χ4n) is 2.24. The molecule has 2 aliphatic rings. The lowest BCUT2D eigenvalue weighted by atomic mass is 9.96. The number of rotatable bonds is 2. The molecule has 5 heteroatoms. The average molecular weight is 211 g/mol. The fraction of sp³-hybridized carbons (Fsp3) is 0.800. The number of piperidine rings is 1. The van der Waals surface area contributed by atoms with Gasteiger partial charge >= 0.3 is 0 Å². The maximum atomic E-state index is 11.2. The Hall–Kier alpha value is -0.940. The molecule has 2 fully saturated rings. The first kappa shape index (κ1) is 10.6. The molecule has 0 saturated carbocycles. The zero-order chi connectivity index (χ0) is 10.7. The van der Waals surface area contributed by atoms with Crippen LogP contribution >= 0.6 is 0 Å². The molecular weight excluding hydrogens is 194 g/mol. The van der Waals surface area contributed by atoms with Gasteiger partial charge in [0.15, 0.2) is 0 Å². The maximum Gasteiger partial charge on any atom is 0.226 e. The third-order valence-electron chi connectivity index (χ3n) is 2.95. The van der Waals surface area contributed by atoms with Crippen molar-refractivity contribution in [3.05, 3.63) is 0 Å². The van der Waals surface area contributed by atoms with Gasteiger partial charge in [0.05, 0.1) is 0 Å². The molecule has 15 heavy (non-hydrogen) atoms. The Morgan fingerprint density at radius 3 is 2.33 bits per heavy atom. The first-order valence-electron chi connectivity index (χ1n) is 5.50. The van der Waals surface area contributed by atoms with Crippen molar-refractivity contribution in [3.63, 3.8) is 0 Å². The molecule has 0 aromatic heterocycles. The molecule has 0 atom stereocenters. The van der Waals surface area contributed by atoms with Crippen LogP contribution in [0.5, 0.6) is 0 Å². The van der Waals surface area contributed by atoms with Gasteiger partial charge in [0, 0.05) is 45.6 Å². The second-order valence-corrected chi connectivity index (χ2v) is 4.30. The van der Waals surface area contributed by atoms with Crippen molar-refractivity contribution in [3.8, 4) is 0 Å². The second-order valence-electron chi connectivity index (χ2n) is 4.30. The Labute approximate surface area is 89.2 Å². The molecule has 0 aromatic rings. The van der Waals surface area contributed by atoms with Crippen LogP contribution in [0.3, 0.4) is 0 Å². The highest BCUT2D eigenvalue weighted by Crippen LogP contribution is 2.15. The summed E-state index contributed by atoms with van der Waals surface area (Å²) in [6.45, 7) is 4.93. The summed E-state index contributed by atoms with van der Waals surface area (Å²) in [5.41, 5.74) is 0. The van der Waals surface area contributed by atoms with Gasteiger partial charge in [-0.1, -0.05) is 0 Å². The predicted molar refractivity (Wildman–Crippen MR) is 55.2 cm³/mol. The summed E-state index contributed by atoms with van der Waals surface area (Å²) in [6, 6.07) is 0. The minimum atomic E-state index is -0.119. The average Bonchev–Trinajstić information content (AvgIpc) is 2.17. The SMILES string of the molecule is O=C1CC(CN2CCNCC2)CC(=O)N1. The van der Waals surface area contributed by atoms with E-state index in [-0.39, 0.29) is 17.7 Å². The second kappa shape index (κ2) is 4.72. The van der Waals surface area contributed by atoms with Crippen LogP contribution < -0.4 is 10.6 Å². The number of carbonyl (C=O) groups excluding carboxylic acids is 2. The number of imide groups is 1. The van der Waals surface area contributed by atoms with E-state index < -0.39 is 0 Å². The predicted octanol–water partition coefficient (Wildman–Crippen LogP) is -1.06. The van der Waals surface area contributed by atoms with Crippen LogP contribution in [0.15, 0.2) is 0 Å². The van der Waals surface area contributed by atoms with E-state index in [1.165, 1.54) is 0 Å². The molecule has 0 unspecified atom stereocenters. The van der Waals surface area contributed by atoms with Crippen molar-refractivity contribution in [2.75, 3.05) is 32.7 Å². The minimum absolute atomic E-state index is 0.119. The van der Waals surface area contributed by atoms with Crippen molar-refractivity contribution in [1.29, 1.82) is 0 Å². The van der Waals surface area contributed by atoms with Gasteiger partial charge in [0.2, 0.25) is 11.8 Å². The zero-order valence-electron chi connectivity index (χ0n) is 8.79. The van der Waals surface area contributed by atoms with Gasteiger partial charge in [-0.25, -0.2) is 0 Å². The van der Waals surface area contributed by atoms with Crippen molar-refractivity contribution in [2.45, 2.75) is 12.8 Å². The fourth-order valence-corrected chi connectivity index (χ4v) is 2.24. The number of piperazine rings is 1. The Bertz CT molecular complexity index is 245. The molecule has 2 rings (SSSR count). The van der Waals surface area contributed by atoms with E-state index in [0.29, 0.717) is 12.8 Å². The van der Waals surface area contributed by atoms with E-state index in [1.807, 2.05) is 0 Å². The smallest absolute Gasteiger partial charge is 0.226 e. The highest BCUT2D eigenvalue weighted by molar-refractivity contribution is 5.97. The van der Waals surface area contributed by atoms with Crippen LogP contribution in [-0.2, 0) is 9.59 Å². The van der Waals surface area contributed by atoms with E-state index in [1.54, 1.807) is 0 Å². The maximum absolute atomic E-state index is 11.2. The Morgan fingerprint density at radius 2 is 1.73 bits per heavy atom. The quantitative estimate of drug-likeness (QED) is 0.572. The molecule has 2 N–H and O–H groups in total. The minimum Gasteiger partial charge on any atom is -0.314 e. The lowest BCUT2D eigenvalue weighted by Crippen LogP contribution is -2.48. The standard InChI is InChI=1S/C10H17N3O2/c14-9-5-8(6-10(15)12-9)7-13-3-1-11-2-4-13/h8,11H,1-7H2,(H,12,14,15). The van der Waals surface area contributed by atoms with Gasteiger partial charge in [-0.3, -0.25) is 14.9 Å². The number of amides is 2. The summed E-state index contributed by atoms with van der Waals surface area (Å²) in [4.78, 5) is 24.7. The highest BCUT2D eigenvalue weighted by Gasteiger charge is 2.26. The van der Waals surface area contributed by atoms with Crippen LogP contribution in [-0.4, -0.2) is 49.4 Å². The summed E-state index contributed by atoms with van der Waals surface area (Å²) in [6.07, 6.45) is 0.991. The number of nitrogens with zero attached hydrogens (tertiary/aromatic N) is 1. The van der Waals surface area contributed by atoms with Gasteiger partial charge < -0.3 is 10.2 Å². The first-order valence-corrected chi connectivity index (χ1v) is 5.50. The molecule has 2 amide bonds. The van der Waals surface area contributed by atoms with Crippen LogP contribution in [0.1, 0.15) is 12.8 Å².